The Morgan fingerprint density at radius 3 is 2.77 bits per heavy atom. The van der Waals surface area contributed by atoms with Gasteiger partial charge in [-0.2, -0.15) is 0 Å². The average Bonchev–Trinajstić information content (AvgIpc) is 3.05. The number of amides is 1. The van der Waals surface area contributed by atoms with Crippen LogP contribution in [0.2, 0.25) is 0 Å². The standard InChI is InChI=1S/C21H27N5O3S2/c1-20(2,28)19-24-11-16(30-19)31(22,29)26-15(27)10-23-17-12-4-3-5-14(12)25-18-13(17)6-7-21(18)8-9-21/h11,28H,3-10H2,1-2H3,(H,23,25)(H2,22,26,27,29). The highest BCUT2D eigenvalue weighted by Gasteiger charge is 2.51. The van der Waals surface area contributed by atoms with Gasteiger partial charge in [-0.25, -0.2) is 14.3 Å². The molecule has 1 spiro atoms. The van der Waals surface area contributed by atoms with E-state index in [1.807, 2.05) is 0 Å². The maximum Gasteiger partial charge on any atom is 0.274 e. The summed E-state index contributed by atoms with van der Waals surface area (Å²) in [6.45, 7) is 3.09. The van der Waals surface area contributed by atoms with Crippen LogP contribution < -0.4 is 10.5 Å². The lowest BCUT2D eigenvalue weighted by molar-refractivity contribution is -0.116. The van der Waals surface area contributed by atoms with Crippen molar-refractivity contribution in [3.05, 3.63) is 33.7 Å². The SMILES string of the molecule is CC(C)(O)c1ncc(S(N)(=O)=NC(=O)CNc2c3c(nc4c2CCC42CC2)CCC3)s1. The summed E-state index contributed by atoms with van der Waals surface area (Å²) in [6.07, 6.45) is 8.88. The Kier molecular flexibility index (Phi) is 4.78. The Hall–Kier alpha value is -1.88. The van der Waals surface area contributed by atoms with E-state index in [4.69, 9.17) is 10.1 Å². The molecule has 4 N–H and O–H groups in total. The second kappa shape index (κ2) is 7.06. The minimum absolute atomic E-state index is 0.0682. The minimum Gasteiger partial charge on any atom is -0.383 e. The van der Waals surface area contributed by atoms with Crippen molar-refractivity contribution in [3.63, 3.8) is 0 Å². The molecule has 1 atom stereocenters. The highest BCUT2D eigenvalue weighted by atomic mass is 32.2. The van der Waals surface area contributed by atoms with E-state index in [0.717, 1.165) is 54.8 Å². The predicted molar refractivity (Wildman–Crippen MR) is 119 cm³/mol. The van der Waals surface area contributed by atoms with Crippen molar-refractivity contribution in [2.24, 2.45) is 9.50 Å². The summed E-state index contributed by atoms with van der Waals surface area (Å²) in [5.74, 6) is -0.567. The first kappa shape index (κ1) is 21.0. The lowest BCUT2D eigenvalue weighted by atomic mass is 10.0. The number of thiazole rings is 1. The number of fused-ring (bicyclic) bond motifs is 3. The molecule has 31 heavy (non-hydrogen) atoms. The van der Waals surface area contributed by atoms with Crippen LogP contribution in [0.15, 0.2) is 14.8 Å². The Labute approximate surface area is 186 Å². The molecule has 2 heterocycles. The molecule has 0 bridgehead atoms. The molecule has 0 saturated heterocycles. The topological polar surface area (TPSA) is 131 Å². The van der Waals surface area contributed by atoms with Gasteiger partial charge in [-0.1, -0.05) is 0 Å². The summed E-state index contributed by atoms with van der Waals surface area (Å²) in [5, 5.41) is 19.6. The van der Waals surface area contributed by atoms with E-state index in [1.54, 1.807) is 13.8 Å². The quantitative estimate of drug-likeness (QED) is 0.627. The average molecular weight is 462 g/mol. The Balaban J connectivity index is 1.38. The summed E-state index contributed by atoms with van der Waals surface area (Å²) in [5.41, 5.74) is 4.98. The van der Waals surface area contributed by atoms with Crippen molar-refractivity contribution in [2.45, 2.75) is 74.0 Å². The van der Waals surface area contributed by atoms with Crippen LogP contribution in [-0.4, -0.2) is 31.7 Å². The Morgan fingerprint density at radius 2 is 2.10 bits per heavy atom. The van der Waals surface area contributed by atoms with Gasteiger partial charge < -0.3 is 10.4 Å². The smallest absolute Gasteiger partial charge is 0.274 e. The van der Waals surface area contributed by atoms with Crippen molar-refractivity contribution in [1.29, 1.82) is 0 Å². The third-order valence-corrected chi connectivity index (χ3v) is 9.71. The lowest BCUT2D eigenvalue weighted by Gasteiger charge is -2.17. The van der Waals surface area contributed by atoms with E-state index >= 15 is 0 Å². The van der Waals surface area contributed by atoms with E-state index in [1.165, 1.54) is 35.9 Å². The number of nitrogens with zero attached hydrogens (tertiary/aromatic N) is 3. The molecule has 2 aromatic heterocycles. The molecule has 0 radical (unpaired) electrons. The van der Waals surface area contributed by atoms with Crippen LogP contribution in [0.3, 0.4) is 0 Å². The fourth-order valence-electron chi connectivity index (χ4n) is 4.71. The number of pyridine rings is 1. The molecule has 1 unspecified atom stereocenters. The van der Waals surface area contributed by atoms with Crippen molar-refractivity contribution in [3.8, 4) is 0 Å². The zero-order valence-electron chi connectivity index (χ0n) is 17.7. The molecule has 1 fully saturated rings. The van der Waals surface area contributed by atoms with Gasteiger partial charge in [0, 0.05) is 16.8 Å². The zero-order valence-corrected chi connectivity index (χ0v) is 19.4. The second-order valence-corrected chi connectivity index (χ2v) is 12.4. The third kappa shape index (κ3) is 3.69. The Bertz CT molecular complexity index is 1200. The number of aryl methyl sites for hydroxylation is 1. The van der Waals surface area contributed by atoms with Gasteiger partial charge in [0.2, 0.25) is 0 Å². The van der Waals surface area contributed by atoms with Crippen molar-refractivity contribution in [2.75, 3.05) is 11.9 Å². The number of hydrogen-bond donors (Lipinski definition) is 3. The number of nitrogens with two attached hydrogens (primary N) is 1. The van der Waals surface area contributed by atoms with Gasteiger partial charge in [-0.05, 0) is 69.9 Å². The molecule has 0 aliphatic heterocycles. The molecule has 5 rings (SSSR count). The van der Waals surface area contributed by atoms with Crippen molar-refractivity contribution >= 4 is 32.8 Å². The van der Waals surface area contributed by atoms with E-state index in [-0.39, 0.29) is 16.2 Å². The molecule has 166 valence electrons. The van der Waals surface area contributed by atoms with Crippen molar-refractivity contribution in [1.82, 2.24) is 9.97 Å². The van der Waals surface area contributed by atoms with E-state index < -0.39 is 21.4 Å². The van der Waals surface area contributed by atoms with Crippen molar-refractivity contribution < 1.29 is 14.1 Å². The molecular formula is C21H27N5O3S2. The maximum atomic E-state index is 12.9. The number of rotatable bonds is 5. The molecule has 0 aromatic carbocycles. The first-order valence-electron chi connectivity index (χ1n) is 10.6. The van der Waals surface area contributed by atoms with E-state index in [0.29, 0.717) is 5.01 Å². The summed E-state index contributed by atoms with van der Waals surface area (Å²) in [4.78, 5) is 21.7. The van der Waals surface area contributed by atoms with E-state index in [2.05, 4.69) is 14.7 Å². The van der Waals surface area contributed by atoms with Gasteiger partial charge in [0.25, 0.3) is 5.91 Å². The van der Waals surface area contributed by atoms with Crippen LogP contribution in [0.4, 0.5) is 5.69 Å². The molecule has 8 nitrogen and oxygen atoms in total. The van der Waals surface area contributed by atoms with Crippen LogP contribution in [0.5, 0.6) is 0 Å². The number of hydrogen-bond acceptors (Lipinski definition) is 7. The molecule has 3 aliphatic carbocycles. The second-order valence-electron chi connectivity index (χ2n) is 9.32. The van der Waals surface area contributed by atoms with Crippen LogP contribution >= 0.6 is 11.3 Å². The maximum absolute atomic E-state index is 12.9. The molecular weight excluding hydrogens is 434 g/mol. The third-order valence-electron chi connectivity index (χ3n) is 6.48. The lowest BCUT2D eigenvalue weighted by Crippen LogP contribution is -2.20. The van der Waals surface area contributed by atoms with E-state index in [9.17, 15) is 14.1 Å². The van der Waals surface area contributed by atoms with Gasteiger partial charge in [0.1, 0.15) is 14.8 Å². The number of aromatic nitrogens is 2. The van der Waals surface area contributed by atoms with Crippen LogP contribution in [0.1, 0.15) is 67.1 Å². The molecule has 10 heteroatoms. The molecule has 1 amide bonds. The fourth-order valence-corrected chi connectivity index (χ4v) is 6.85. The minimum atomic E-state index is -3.42. The summed E-state index contributed by atoms with van der Waals surface area (Å²) in [6, 6.07) is 0. The summed E-state index contributed by atoms with van der Waals surface area (Å²) >= 11 is 1.01. The zero-order chi connectivity index (χ0) is 22.0. The predicted octanol–water partition coefficient (Wildman–Crippen LogP) is 2.57. The first-order chi connectivity index (χ1) is 14.6. The summed E-state index contributed by atoms with van der Waals surface area (Å²) < 4.78 is 16.8. The highest BCUT2D eigenvalue weighted by molar-refractivity contribution is 7.93. The monoisotopic (exact) mass is 461 g/mol. The van der Waals surface area contributed by atoms with Gasteiger partial charge in [0.05, 0.1) is 18.4 Å². The summed E-state index contributed by atoms with van der Waals surface area (Å²) in [7, 11) is -3.42. The molecule has 1 saturated carbocycles. The number of carbonyl (C=O) groups is 1. The van der Waals surface area contributed by atoms with Crippen LogP contribution in [-0.2, 0) is 45.0 Å². The molecule has 3 aliphatic rings. The number of aliphatic hydroxyl groups is 1. The number of anilines is 1. The van der Waals surface area contributed by atoms with Gasteiger partial charge in [0.15, 0.2) is 9.92 Å². The highest BCUT2D eigenvalue weighted by Crippen LogP contribution is 2.58. The van der Waals surface area contributed by atoms with Gasteiger partial charge in [-0.15, -0.1) is 15.7 Å². The Morgan fingerprint density at radius 1 is 1.32 bits per heavy atom. The first-order valence-corrected chi connectivity index (χ1v) is 13.0. The number of carbonyl (C=O) groups excluding carboxylic acids is 1. The fraction of sp³-hybridized carbons (Fsp3) is 0.571. The van der Waals surface area contributed by atoms with Gasteiger partial charge >= 0.3 is 0 Å². The number of nitrogens with one attached hydrogen (secondary N) is 1. The van der Waals surface area contributed by atoms with Crippen LogP contribution in [0.25, 0.3) is 0 Å². The largest absolute Gasteiger partial charge is 0.383 e. The van der Waals surface area contributed by atoms with Crippen LogP contribution in [0, 0.1) is 0 Å². The molecule has 2 aromatic rings. The normalized spacial score (nSPS) is 20.3. The van der Waals surface area contributed by atoms with Gasteiger partial charge in [-0.3, -0.25) is 9.78 Å².